The predicted molar refractivity (Wildman–Crippen MR) is 64.4 cm³/mol. The summed E-state index contributed by atoms with van der Waals surface area (Å²) in [6.07, 6.45) is 0.939. The van der Waals surface area contributed by atoms with Crippen LogP contribution in [0.4, 0.5) is 5.82 Å². The van der Waals surface area contributed by atoms with Crippen LogP contribution < -0.4 is 5.32 Å². The van der Waals surface area contributed by atoms with Gasteiger partial charge in [0.1, 0.15) is 5.82 Å². The number of aromatic nitrogens is 2. The van der Waals surface area contributed by atoms with Gasteiger partial charge in [-0.15, -0.1) is 16.7 Å². The van der Waals surface area contributed by atoms with E-state index in [1.54, 1.807) is 0 Å². The number of rotatable bonds is 5. The third-order valence-electron chi connectivity index (χ3n) is 2.36. The molecule has 0 bridgehead atoms. The lowest BCUT2D eigenvalue weighted by atomic mass is 10.0. The fourth-order valence-corrected chi connectivity index (χ4v) is 1.59. The van der Waals surface area contributed by atoms with Gasteiger partial charge in [-0.3, -0.25) is 0 Å². The van der Waals surface area contributed by atoms with Gasteiger partial charge in [0.15, 0.2) is 0 Å². The predicted octanol–water partition coefficient (Wildman–Crippen LogP) is 2.85. The number of hydrogen-bond donors (Lipinski definition) is 1. The molecule has 3 nitrogen and oxygen atoms in total. The average Bonchev–Trinajstić information content (AvgIpc) is 2.20. The Bertz CT molecular complexity index is 284. The van der Waals surface area contributed by atoms with Crippen LogP contribution in [0.25, 0.3) is 0 Å². The number of halogens is 1. The first-order valence-electron chi connectivity index (χ1n) is 5.26. The van der Waals surface area contributed by atoms with E-state index >= 15 is 0 Å². The average molecular weight is 228 g/mol. The summed E-state index contributed by atoms with van der Waals surface area (Å²) >= 11 is 5.76. The first-order chi connectivity index (χ1) is 7.13. The van der Waals surface area contributed by atoms with Crippen LogP contribution >= 0.6 is 11.6 Å². The molecule has 4 heteroatoms. The van der Waals surface area contributed by atoms with Crippen LogP contribution in [0.2, 0.25) is 0 Å². The van der Waals surface area contributed by atoms with Gasteiger partial charge < -0.3 is 5.32 Å². The molecule has 1 N–H and O–H groups in total. The molecule has 0 aliphatic heterocycles. The molecular weight excluding hydrogens is 210 g/mol. The lowest BCUT2D eigenvalue weighted by Gasteiger charge is -2.21. The number of alkyl halides is 1. The molecule has 15 heavy (non-hydrogen) atoms. The van der Waals surface area contributed by atoms with Crippen molar-refractivity contribution in [2.45, 2.75) is 33.2 Å². The summed E-state index contributed by atoms with van der Waals surface area (Å²) in [5, 5.41) is 11.4. The van der Waals surface area contributed by atoms with Crippen molar-refractivity contribution in [3.05, 3.63) is 17.8 Å². The Balaban J connectivity index is 2.61. The molecule has 1 heterocycles. The van der Waals surface area contributed by atoms with Crippen molar-refractivity contribution in [2.75, 3.05) is 11.2 Å². The molecule has 0 spiro atoms. The Labute approximate surface area is 96.2 Å². The van der Waals surface area contributed by atoms with Crippen molar-refractivity contribution >= 4 is 17.4 Å². The zero-order valence-corrected chi connectivity index (χ0v) is 10.3. The molecule has 1 aromatic heterocycles. The van der Waals surface area contributed by atoms with E-state index in [-0.39, 0.29) is 0 Å². The van der Waals surface area contributed by atoms with Gasteiger partial charge in [0.2, 0.25) is 0 Å². The van der Waals surface area contributed by atoms with Crippen molar-refractivity contribution in [1.29, 1.82) is 0 Å². The maximum atomic E-state index is 5.76. The van der Waals surface area contributed by atoms with Gasteiger partial charge in [-0.1, -0.05) is 13.8 Å². The molecule has 1 atom stereocenters. The smallest absolute Gasteiger partial charge is 0.148 e. The van der Waals surface area contributed by atoms with E-state index in [4.69, 9.17) is 11.6 Å². The van der Waals surface area contributed by atoms with Crippen LogP contribution in [-0.4, -0.2) is 22.1 Å². The highest BCUT2D eigenvalue weighted by molar-refractivity contribution is 6.17. The molecular formula is C11H18ClN3. The summed E-state index contributed by atoms with van der Waals surface area (Å²) in [7, 11) is 0. The molecule has 0 saturated carbocycles. The van der Waals surface area contributed by atoms with Gasteiger partial charge in [0, 0.05) is 11.9 Å². The van der Waals surface area contributed by atoms with Crippen LogP contribution in [0.1, 0.15) is 26.0 Å². The molecule has 0 saturated heterocycles. The molecule has 0 amide bonds. The topological polar surface area (TPSA) is 37.8 Å². The minimum atomic E-state index is 0.361. The molecule has 0 fully saturated rings. The summed E-state index contributed by atoms with van der Waals surface area (Å²) in [4.78, 5) is 0. The molecule has 1 aromatic rings. The summed E-state index contributed by atoms with van der Waals surface area (Å²) < 4.78 is 0. The maximum Gasteiger partial charge on any atom is 0.148 e. The normalized spacial score (nSPS) is 12.9. The second-order valence-electron chi connectivity index (χ2n) is 4.03. The number of anilines is 1. The molecule has 0 aliphatic carbocycles. The largest absolute Gasteiger partial charge is 0.366 e. The molecule has 84 valence electrons. The van der Waals surface area contributed by atoms with E-state index in [9.17, 15) is 0 Å². The first-order valence-corrected chi connectivity index (χ1v) is 5.79. The Kier molecular flexibility index (Phi) is 4.82. The number of nitrogens with zero attached hydrogens (tertiary/aromatic N) is 2. The molecule has 0 radical (unpaired) electrons. The molecule has 1 unspecified atom stereocenters. The first kappa shape index (κ1) is 12.2. The highest BCUT2D eigenvalue weighted by Crippen LogP contribution is 2.13. The number of hydrogen-bond acceptors (Lipinski definition) is 3. The maximum absolute atomic E-state index is 5.76. The molecule has 0 aromatic carbocycles. The summed E-state index contributed by atoms with van der Waals surface area (Å²) in [6, 6.07) is 4.26. The van der Waals surface area contributed by atoms with Gasteiger partial charge in [0.25, 0.3) is 0 Å². The number of nitrogens with one attached hydrogen (secondary N) is 1. The van der Waals surface area contributed by atoms with Crippen molar-refractivity contribution in [3.63, 3.8) is 0 Å². The Hall–Kier alpha value is -0.830. The van der Waals surface area contributed by atoms with Crippen LogP contribution in [0.15, 0.2) is 12.1 Å². The van der Waals surface area contributed by atoms with Crippen LogP contribution in [0.3, 0.4) is 0 Å². The summed E-state index contributed by atoms with van der Waals surface area (Å²) in [5.74, 6) is 2.02. The van der Waals surface area contributed by atoms with Gasteiger partial charge in [-0.2, -0.15) is 5.10 Å². The van der Waals surface area contributed by atoms with Gasteiger partial charge in [-0.05, 0) is 31.4 Å². The van der Waals surface area contributed by atoms with E-state index in [1.165, 1.54) is 0 Å². The van der Waals surface area contributed by atoms with E-state index in [0.29, 0.717) is 17.8 Å². The van der Waals surface area contributed by atoms with Crippen molar-refractivity contribution < 1.29 is 0 Å². The Morgan fingerprint density at radius 3 is 2.53 bits per heavy atom. The minimum Gasteiger partial charge on any atom is -0.366 e. The highest BCUT2D eigenvalue weighted by atomic mass is 35.5. The fourth-order valence-electron chi connectivity index (χ4n) is 1.36. The Morgan fingerprint density at radius 2 is 2.07 bits per heavy atom. The second-order valence-corrected chi connectivity index (χ2v) is 4.41. The van der Waals surface area contributed by atoms with Gasteiger partial charge >= 0.3 is 0 Å². The van der Waals surface area contributed by atoms with Crippen LogP contribution in [0.5, 0.6) is 0 Å². The minimum absolute atomic E-state index is 0.361. The molecule has 0 aliphatic rings. The third kappa shape index (κ3) is 4.04. The number of aryl methyl sites for hydroxylation is 1. The summed E-state index contributed by atoms with van der Waals surface area (Å²) in [6.45, 7) is 6.27. The molecule has 1 rings (SSSR count). The highest BCUT2D eigenvalue weighted by Gasteiger charge is 2.12. The van der Waals surface area contributed by atoms with Crippen LogP contribution in [0, 0.1) is 12.8 Å². The van der Waals surface area contributed by atoms with E-state index < -0.39 is 0 Å². The fraction of sp³-hybridized carbons (Fsp3) is 0.636. The van der Waals surface area contributed by atoms with Gasteiger partial charge in [-0.25, -0.2) is 0 Å². The lowest BCUT2D eigenvalue weighted by Crippen LogP contribution is -2.26. The van der Waals surface area contributed by atoms with Gasteiger partial charge in [0.05, 0.1) is 5.69 Å². The zero-order chi connectivity index (χ0) is 11.3. The third-order valence-corrected chi connectivity index (χ3v) is 2.57. The zero-order valence-electron chi connectivity index (χ0n) is 9.50. The van der Waals surface area contributed by atoms with E-state index in [1.807, 2.05) is 19.1 Å². The van der Waals surface area contributed by atoms with E-state index in [0.717, 1.165) is 17.9 Å². The van der Waals surface area contributed by atoms with Crippen molar-refractivity contribution in [1.82, 2.24) is 10.2 Å². The Morgan fingerprint density at radius 1 is 1.33 bits per heavy atom. The van der Waals surface area contributed by atoms with Crippen molar-refractivity contribution in [3.8, 4) is 0 Å². The van der Waals surface area contributed by atoms with Crippen molar-refractivity contribution in [2.24, 2.45) is 5.92 Å². The monoisotopic (exact) mass is 227 g/mol. The second kappa shape index (κ2) is 5.91. The van der Waals surface area contributed by atoms with E-state index in [2.05, 4.69) is 29.4 Å². The standard InChI is InChI=1S/C11H18ClN3/c1-8(2)10(6-7-12)13-11-5-4-9(3)14-15-11/h4-5,8,10H,6-7H2,1-3H3,(H,13,15). The SMILES string of the molecule is Cc1ccc(NC(CCCl)C(C)C)nn1. The summed E-state index contributed by atoms with van der Waals surface area (Å²) in [5.41, 5.74) is 0.930. The van der Waals surface area contributed by atoms with Crippen LogP contribution in [-0.2, 0) is 0 Å². The lowest BCUT2D eigenvalue weighted by molar-refractivity contribution is 0.511. The quantitative estimate of drug-likeness (QED) is 0.787.